The third-order valence-corrected chi connectivity index (χ3v) is 12.8. The number of aromatic nitrogens is 2. The number of aliphatic carboxylic acids is 1. The van der Waals surface area contributed by atoms with Crippen LogP contribution in [0.25, 0.3) is 0 Å². The van der Waals surface area contributed by atoms with Crippen molar-refractivity contribution in [2.45, 2.75) is 94.7 Å². The lowest BCUT2D eigenvalue weighted by Gasteiger charge is -2.31. The number of aromatic hydroxyl groups is 1. The van der Waals surface area contributed by atoms with Crippen LogP contribution in [-0.2, 0) is 51.2 Å². The molecule has 1 aromatic heterocycles. The van der Waals surface area contributed by atoms with E-state index < -0.39 is 95.5 Å². The number of carboxylic acid groups (broad SMARTS) is 1. The van der Waals surface area contributed by atoms with Crippen molar-refractivity contribution in [3.8, 4) is 5.75 Å². The van der Waals surface area contributed by atoms with Crippen LogP contribution >= 0.6 is 21.6 Å². The minimum absolute atomic E-state index is 0.0499. The number of amides is 7. The van der Waals surface area contributed by atoms with Crippen LogP contribution in [0.5, 0.6) is 5.75 Å². The minimum atomic E-state index is -1.38. The van der Waals surface area contributed by atoms with Gasteiger partial charge in [-0.3, -0.25) is 38.6 Å². The number of carbonyl (C=O) groups is 8. The lowest BCUT2D eigenvalue weighted by atomic mass is 10.00. The van der Waals surface area contributed by atoms with E-state index in [0.29, 0.717) is 24.1 Å². The van der Waals surface area contributed by atoms with Gasteiger partial charge in [0, 0.05) is 49.3 Å². The summed E-state index contributed by atoms with van der Waals surface area (Å²) in [5, 5.41) is 38.7. The molecule has 7 atom stereocenters. The van der Waals surface area contributed by atoms with E-state index in [2.05, 4.69) is 52.2 Å². The Balaban J connectivity index is 1.62. The highest BCUT2D eigenvalue weighted by Gasteiger charge is 2.41. The van der Waals surface area contributed by atoms with E-state index in [9.17, 15) is 48.6 Å². The Morgan fingerprint density at radius 1 is 0.954 bits per heavy atom. The number of aliphatic imine (C=N–C) groups is 1. The fourth-order valence-electron chi connectivity index (χ4n) is 7.03. The van der Waals surface area contributed by atoms with Gasteiger partial charge in [0.2, 0.25) is 41.4 Å². The van der Waals surface area contributed by atoms with Crippen molar-refractivity contribution >= 4 is 74.9 Å². The van der Waals surface area contributed by atoms with Crippen molar-refractivity contribution in [2.75, 3.05) is 38.2 Å². The van der Waals surface area contributed by atoms with E-state index in [1.807, 2.05) is 0 Å². The number of nitrogens with zero attached hydrogens (tertiary/aromatic N) is 3. The van der Waals surface area contributed by atoms with Gasteiger partial charge in [-0.05, 0) is 56.3 Å². The molecule has 0 spiro atoms. The van der Waals surface area contributed by atoms with Crippen molar-refractivity contribution in [2.24, 2.45) is 22.4 Å². The number of carbonyl (C=O) groups excluding carboxylic acids is 7. The monoisotopic (exact) mass is 945 g/mol. The summed E-state index contributed by atoms with van der Waals surface area (Å²) in [6.07, 6.45) is 3.83. The summed E-state index contributed by atoms with van der Waals surface area (Å²) in [5.41, 5.74) is 11.9. The number of likely N-dealkylation sites (N-methyl/N-ethyl adjacent to an activating group) is 1. The molecular weight excluding hydrogens is 887 g/mol. The van der Waals surface area contributed by atoms with Crippen molar-refractivity contribution in [3.05, 3.63) is 48.0 Å². The molecule has 4 rings (SSSR count). The van der Waals surface area contributed by atoms with Gasteiger partial charge in [-0.2, -0.15) is 0 Å². The predicted molar refractivity (Wildman–Crippen MR) is 242 cm³/mol. The van der Waals surface area contributed by atoms with Gasteiger partial charge in [0.05, 0.1) is 12.9 Å². The number of benzene rings is 1. The second-order valence-electron chi connectivity index (χ2n) is 15.8. The number of nitrogens with two attached hydrogens (primary N) is 2. The molecule has 25 heteroatoms. The van der Waals surface area contributed by atoms with Gasteiger partial charge in [-0.15, -0.1) is 0 Å². The number of imidazole rings is 1. The maximum atomic E-state index is 14.4. The molecule has 356 valence electrons. The summed E-state index contributed by atoms with van der Waals surface area (Å²) >= 11 is 0. The number of rotatable bonds is 19. The molecule has 0 bridgehead atoms. The number of hydrogen-bond acceptors (Lipinski definition) is 14. The molecule has 3 heterocycles. The summed E-state index contributed by atoms with van der Waals surface area (Å²) in [5.74, 6) is -7.02. The van der Waals surface area contributed by atoms with E-state index in [0.717, 1.165) is 21.6 Å². The maximum absolute atomic E-state index is 14.4. The van der Waals surface area contributed by atoms with Gasteiger partial charge < -0.3 is 68.8 Å². The highest BCUT2D eigenvalue weighted by molar-refractivity contribution is 8.76. The van der Waals surface area contributed by atoms with Gasteiger partial charge in [0.15, 0.2) is 5.96 Å². The first kappa shape index (κ1) is 51.6. The van der Waals surface area contributed by atoms with Crippen LogP contribution in [0.15, 0.2) is 41.8 Å². The van der Waals surface area contributed by atoms with Crippen molar-refractivity contribution < 1.29 is 48.6 Å². The Kier molecular flexibility index (Phi) is 20.2. The van der Waals surface area contributed by atoms with Gasteiger partial charge in [0.25, 0.3) is 0 Å². The highest BCUT2D eigenvalue weighted by Crippen LogP contribution is 2.25. The Labute approximate surface area is 383 Å². The second kappa shape index (κ2) is 25.4. The summed E-state index contributed by atoms with van der Waals surface area (Å²) in [6.45, 7) is 3.61. The third-order valence-electron chi connectivity index (χ3n) is 10.4. The van der Waals surface area contributed by atoms with Gasteiger partial charge in [-0.1, -0.05) is 47.6 Å². The molecule has 2 fully saturated rings. The number of aromatic amines is 1. The van der Waals surface area contributed by atoms with Crippen molar-refractivity contribution in [3.63, 3.8) is 0 Å². The Morgan fingerprint density at radius 2 is 1.68 bits per heavy atom. The molecule has 2 aliphatic rings. The van der Waals surface area contributed by atoms with Crippen molar-refractivity contribution in [1.82, 2.24) is 52.1 Å². The van der Waals surface area contributed by atoms with Gasteiger partial charge >= 0.3 is 5.97 Å². The lowest BCUT2D eigenvalue weighted by Crippen LogP contribution is -2.61. The number of carboxylic acids is 1. The number of hydrogen-bond donors (Lipinski definition) is 12. The summed E-state index contributed by atoms with van der Waals surface area (Å²) in [4.78, 5) is 121. The molecule has 2 aliphatic heterocycles. The van der Waals surface area contributed by atoms with E-state index in [1.54, 1.807) is 33.0 Å². The SMILES string of the molecule is CNCC(=O)N[C@@H](CCCN=C(N)N)C(=O)N[C@H](C(=O)N[C@@H](Cc1ccc(O)cc1)C(=O)N[C@H]1CSSC[C@H](C(=O)O)NC(=O)[C@@H]2CCCN2C(=O)[C@H](Cc2cnc[nH]2)NC1=O)C(C)C. The molecular formula is C40H59N13O10S2. The molecule has 2 saturated heterocycles. The Bertz CT molecular complexity index is 2000. The first-order chi connectivity index (χ1) is 31.0. The summed E-state index contributed by atoms with van der Waals surface area (Å²) in [7, 11) is 3.66. The molecule has 1 aromatic carbocycles. The zero-order valence-electron chi connectivity index (χ0n) is 36.3. The molecule has 0 aliphatic carbocycles. The molecule has 14 N–H and O–H groups in total. The average Bonchev–Trinajstić information content (AvgIpc) is 3.97. The quantitative estimate of drug-likeness (QED) is 0.0293. The molecule has 23 nitrogen and oxygen atoms in total. The fraction of sp³-hybridized carbons (Fsp3) is 0.550. The highest BCUT2D eigenvalue weighted by atomic mass is 33.1. The minimum Gasteiger partial charge on any atom is -0.508 e. The fourth-order valence-corrected chi connectivity index (χ4v) is 9.35. The summed E-state index contributed by atoms with van der Waals surface area (Å²) in [6, 6.07) is -2.72. The normalized spacial score (nSPS) is 20.7. The van der Waals surface area contributed by atoms with Crippen LogP contribution in [0.3, 0.4) is 0 Å². The Hall–Kier alpha value is -6.08. The van der Waals surface area contributed by atoms with Crippen LogP contribution in [0.4, 0.5) is 0 Å². The third kappa shape index (κ3) is 16.1. The summed E-state index contributed by atoms with van der Waals surface area (Å²) < 4.78 is 0. The predicted octanol–water partition coefficient (Wildman–Crippen LogP) is -2.79. The van der Waals surface area contributed by atoms with Crippen LogP contribution < -0.4 is 48.7 Å². The van der Waals surface area contributed by atoms with E-state index in [1.165, 1.54) is 29.6 Å². The Morgan fingerprint density at radius 3 is 2.32 bits per heavy atom. The van der Waals surface area contributed by atoms with E-state index in [-0.39, 0.29) is 68.5 Å². The van der Waals surface area contributed by atoms with Gasteiger partial charge in [-0.25, -0.2) is 9.78 Å². The number of fused-ring (bicyclic) bond motifs is 1. The van der Waals surface area contributed by atoms with E-state index >= 15 is 0 Å². The zero-order valence-corrected chi connectivity index (χ0v) is 38.0. The number of guanidine groups is 1. The smallest absolute Gasteiger partial charge is 0.327 e. The largest absolute Gasteiger partial charge is 0.508 e. The molecule has 7 amide bonds. The number of H-pyrrole nitrogens is 1. The average molecular weight is 946 g/mol. The van der Waals surface area contributed by atoms with Gasteiger partial charge in [0.1, 0.15) is 48.0 Å². The van der Waals surface area contributed by atoms with Crippen LogP contribution in [-0.4, -0.2) is 159 Å². The molecule has 65 heavy (non-hydrogen) atoms. The molecule has 0 radical (unpaired) electrons. The second-order valence-corrected chi connectivity index (χ2v) is 18.4. The standard InChI is InChI=1S/C40H59N13O10S2/c1-21(2)32(52-33(56)25(47-31(55)17-43-3)6-4-12-45-40(41)42)37(60)48-26(14-22-8-10-24(54)11-9-22)34(57)50-28-18-64-65-19-29(39(62)63)51-36(59)30-7-5-13-53(30)38(61)27(49-35(28)58)15-23-16-44-20-46-23/h8-11,16,20-21,25-30,32,43,54H,4-7,12-15,17-19H2,1-3H3,(H,44,46)(H,47,55)(H,48,60)(H,49,58)(H,50,57)(H,51,59)(H,52,56)(H,62,63)(H4,41,42,45)/t25-,26-,27-,28-,29+,30-,32-/m0/s1. The number of phenolic OH excluding ortho intramolecular Hbond substituents is 1. The van der Waals surface area contributed by atoms with Crippen molar-refractivity contribution in [1.29, 1.82) is 0 Å². The van der Waals surface area contributed by atoms with Crippen LogP contribution in [0.2, 0.25) is 0 Å². The number of nitrogens with one attached hydrogen (secondary N) is 8. The zero-order chi connectivity index (χ0) is 47.6. The first-order valence-corrected chi connectivity index (χ1v) is 23.5. The molecule has 2 aromatic rings. The number of phenols is 1. The molecule has 0 unspecified atom stereocenters. The van der Waals surface area contributed by atoms with E-state index in [4.69, 9.17) is 11.5 Å². The maximum Gasteiger partial charge on any atom is 0.327 e. The van der Waals surface area contributed by atoms with Crippen LogP contribution in [0, 0.1) is 5.92 Å². The molecule has 0 saturated carbocycles. The first-order valence-electron chi connectivity index (χ1n) is 21.0. The topological polar surface area (TPSA) is 358 Å². The lowest BCUT2D eigenvalue weighted by molar-refractivity contribution is -0.144. The van der Waals surface area contributed by atoms with Crippen LogP contribution in [0.1, 0.15) is 50.8 Å².